The lowest BCUT2D eigenvalue weighted by Crippen LogP contribution is -2.22. The number of anilines is 1. The van der Waals surface area contributed by atoms with Gasteiger partial charge in [0, 0.05) is 18.1 Å². The SMILES string of the molecule is CN=C(N)Nc1cccc2cc3ccccc3cc12. The summed E-state index contributed by atoms with van der Waals surface area (Å²) in [4.78, 5) is 3.94. The Balaban J connectivity index is 2.26. The topological polar surface area (TPSA) is 50.4 Å². The highest BCUT2D eigenvalue weighted by Gasteiger charge is 2.03. The van der Waals surface area contributed by atoms with Crippen LogP contribution in [0.3, 0.4) is 0 Å². The smallest absolute Gasteiger partial charge is 0.192 e. The minimum Gasteiger partial charge on any atom is -0.370 e. The summed E-state index contributed by atoms with van der Waals surface area (Å²) in [6.07, 6.45) is 0. The molecule has 94 valence electrons. The Morgan fingerprint density at radius 2 is 1.63 bits per heavy atom. The van der Waals surface area contributed by atoms with Crippen molar-refractivity contribution < 1.29 is 0 Å². The van der Waals surface area contributed by atoms with Crippen LogP contribution < -0.4 is 11.1 Å². The van der Waals surface area contributed by atoms with Gasteiger partial charge in [-0.3, -0.25) is 4.99 Å². The monoisotopic (exact) mass is 249 g/mol. The molecule has 0 aliphatic carbocycles. The summed E-state index contributed by atoms with van der Waals surface area (Å²) in [5.74, 6) is 0.417. The van der Waals surface area contributed by atoms with E-state index in [0.717, 1.165) is 11.1 Å². The van der Waals surface area contributed by atoms with Crippen molar-refractivity contribution in [3.8, 4) is 0 Å². The fourth-order valence-electron chi connectivity index (χ4n) is 2.27. The van der Waals surface area contributed by atoms with Crippen LogP contribution in [0.25, 0.3) is 21.5 Å². The Kier molecular flexibility index (Phi) is 2.80. The van der Waals surface area contributed by atoms with Gasteiger partial charge in [-0.05, 0) is 34.4 Å². The van der Waals surface area contributed by atoms with E-state index in [1.165, 1.54) is 16.2 Å². The van der Waals surface area contributed by atoms with Crippen molar-refractivity contribution >= 4 is 33.2 Å². The van der Waals surface area contributed by atoms with Crippen LogP contribution in [-0.4, -0.2) is 13.0 Å². The van der Waals surface area contributed by atoms with Crippen molar-refractivity contribution in [3.63, 3.8) is 0 Å². The maximum Gasteiger partial charge on any atom is 0.192 e. The molecular formula is C16H15N3. The standard InChI is InChI=1S/C16H15N3/c1-18-16(17)19-15-8-4-7-13-9-11-5-2-3-6-12(11)10-14(13)15/h2-10H,1H3,(H3,17,18,19). The van der Waals surface area contributed by atoms with Crippen molar-refractivity contribution in [3.05, 3.63) is 54.6 Å². The number of fused-ring (bicyclic) bond motifs is 2. The average molecular weight is 249 g/mol. The fourth-order valence-corrected chi connectivity index (χ4v) is 2.27. The van der Waals surface area contributed by atoms with Gasteiger partial charge in [-0.1, -0.05) is 36.4 Å². The molecule has 0 atom stereocenters. The molecule has 0 aliphatic heterocycles. The molecule has 0 amide bonds. The van der Waals surface area contributed by atoms with Crippen molar-refractivity contribution in [2.45, 2.75) is 0 Å². The number of benzene rings is 3. The number of hydrogen-bond donors (Lipinski definition) is 2. The molecule has 0 saturated carbocycles. The van der Waals surface area contributed by atoms with Gasteiger partial charge in [0.25, 0.3) is 0 Å². The first-order chi connectivity index (χ1) is 9.28. The van der Waals surface area contributed by atoms with Crippen molar-refractivity contribution in [1.82, 2.24) is 0 Å². The van der Waals surface area contributed by atoms with Gasteiger partial charge in [-0.15, -0.1) is 0 Å². The predicted molar refractivity (Wildman–Crippen MR) is 82.6 cm³/mol. The van der Waals surface area contributed by atoms with Crippen LogP contribution in [0.4, 0.5) is 5.69 Å². The van der Waals surface area contributed by atoms with E-state index in [-0.39, 0.29) is 0 Å². The normalized spacial score (nSPS) is 11.9. The second-order valence-corrected chi connectivity index (χ2v) is 4.46. The van der Waals surface area contributed by atoms with Gasteiger partial charge < -0.3 is 11.1 Å². The number of guanidine groups is 1. The van der Waals surface area contributed by atoms with E-state index in [9.17, 15) is 0 Å². The second-order valence-electron chi connectivity index (χ2n) is 4.46. The molecule has 0 heterocycles. The summed E-state index contributed by atoms with van der Waals surface area (Å²) in [6, 6.07) is 18.8. The molecule has 0 unspecified atom stereocenters. The summed E-state index contributed by atoms with van der Waals surface area (Å²) < 4.78 is 0. The number of aliphatic imine (C=N–C) groups is 1. The average Bonchev–Trinajstić information content (AvgIpc) is 2.45. The summed E-state index contributed by atoms with van der Waals surface area (Å²) in [5, 5.41) is 7.92. The van der Waals surface area contributed by atoms with Crippen molar-refractivity contribution in [1.29, 1.82) is 0 Å². The van der Waals surface area contributed by atoms with Crippen LogP contribution in [0.1, 0.15) is 0 Å². The highest BCUT2D eigenvalue weighted by Crippen LogP contribution is 2.28. The Morgan fingerprint density at radius 1 is 0.947 bits per heavy atom. The van der Waals surface area contributed by atoms with Crippen LogP contribution in [-0.2, 0) is 0 Å². The minimum atomic E-state index is 0.417. The van der Waals surface area contributed by atoms with E-state index in [1.54, 1.807) is 7.05 Å². The first-order valence-corrected chi connectivity index (χ1v) is 6.19. The van der Waals surface area contributed by atoms with Crippen molar-refractivity contribution in [2.75, 3.05) is 12.4 Å². The maximum absolute atomic E-state index is 5.75. The molecule has 0 aliphatic rings. The number of nitrogens with zero attached hydrogens (tertiary/aromatic N) is 1. The Labute approximate surface area is 111 Å². The Bertz CT molecular complexity index is 775. The molecule has 3 rings (SSSR count). The largest absolute Gasteiger partial charge is 0.370 e. The summed E-state index contributed by atoms with van der Waals surface area (Å²) in [6.45, 7) is 0. The molecule has 3 nitrogen and oxygen atoms in total. The first-order valence-electron chi connectivity index (χ1n) is 6.19. The van der Waals surface area contributed by atoms with Crippen LogP contribution in [0.2, 0.25) is 0 Å². The van der Waals surface area contributed by atoms with Gasteiger partial charge >= 0.3 is 0 Å². The molecule has 3 aromatic rings. The first kappa shape index (κ1) is 11.5. The molecule has 0 spiro atoms. The molecule has 0 fully saturated rings. The van der Waals surface area contributed by atoms with Gasteiger partial charge in [0.05, 0.1) is 0 Å². The Morgan fingerprint density at radius 3 is 2.37 bits per heavy atom. The van der Waals surface area contributed by atoms with E-state index in [2.05, 4.69) is 46.7 Å². The molecule has 0 bridgehead atoms. The third-order valence-corrected chi connectivity index (χ3v) is 3.25. The number of hydrogen-bond acceptors (Lipinski definition) is 1. The lowest BCUT2D eigenvalue weighted by atomic mass is 10.0. The van der Waals surface area contributed by atoms with E-state index in [4.69, 9.17) is 5.73 Å². The zero-order chi connectivity index (χ0) is 13.2. The van der Waals surface area contributed by atoms with Gasteiger partial charge in [-0.2, -0.15) is 0 Å². The van der Waals surface area contributed by atoms with E-state index in [0.29, 0.717) is 5.96 Å². The van der Waals surface area contributed by atoms with Crippen LogP contribution >= 0.6 is 0 Å². The maximum atomic E-state index is 5.75. The van der Waals surface area contributed by atoms with Crippen LogP contribution in [0.5, 0.6) is 0 Å². The molecule has 0 aromatic heterocycles. The zero-order valence-electron chi connectivity index (χ0n) is 10.7. The summed E-state index contributed by atoms with van der Waals surface area (Å²) >= 11 is 0. The third kappa shape index (κ3) is 2.10. The van der Waals surface area contributed by atoms with Crippen molar-refractivity contribution in [2.24, 2.45) is 10.7 Å². The second kappa shape index (κ2) is 4.61. The zero-order valence-corrected chi connectivity index (χ0v) is 10.7. The van der Waals surface area contributed by atoms with E-state index in [1.807, 2.05) is 18.2 Å². The minimum absolute atomic E-state index is 0.417. The van der Waals surface area contributed by atoms with Crippen LogP contribution in [0.15, 0.2) is 59.6 Å². The fraction of sp³-hybridized carbons (Fsp3) is 0.0625. The highest BCUT2D eigenvalue weighted by molar-refractivity contribution is 6.07. The third-order valence-electron chi connectivity index (χ3n) is 3.25. The predicted octanol–water partition coefficient (Wildman–Crippen LogP) is 3.35. The number of nitrogens with one attached hydrogen (secondary N) is 1. The van der Waals surface area contributed by atoms with Gasteiger partial charge in [0.15, 0.2) is 5.96 Å². The summed E-state index contributed by atoms with van der Waals surface area (Å²) in [5.41, 5.74) is 6.73. The molecule has 0 saturated heterocycles. The molecule has 19 heavy (non-hydrogen) atoms. The van der Waals surface area contributed by atoms with Crippen LogP contribution in [0, 0.1) is 0 Å². The lowest BCUT2D eigenvalue weighted by molar-refractivity contribution is 1.38. The van der Waals surface area contributed by atoms with Gasteiger partial charge in [0.1, 0.15) is 0 Å². The van der Waals surface area contributed by atoms with Gasteiger partial charge in [-0.25, -0.2) is 0 Å². The van der Waals surface area contributed by atoms with E-state index < -0.39 is 0 Å². The highest BCUT2D eigenvalue weighted by atomic mass is 15.1. The van der Waals surface area contributed by atoms with E-state index >= 15 is 0 Å². The molecule has 3 heteroatoms. The quantitative estimate of drug-likeness (QED) is 0.395. The summed E-state index contributed by atoms with van der Waals surface area (Å²) in [7, 11) is 1.67. The molecule has 0 radical (unpaired) electrons. The molecule has 3 N–H and O–H groups in total. The number of nitrogens with two attached hydrogens (primary N) is 1. The Hall–Kier alpha value is -2.55. The van der Waals surface area contributed by atoms with Gasteiger partial charge in [0.2, 0.25) is 0 Å². The number of rotatable bonds is 1. The molecular weight excluding hydrogens is 234 g/mol. The lowest BCUT2D eigenvalue weighted by Gasteiger charge is -2.10. The molecule has 3 aromatic carbocycles.